The third-order valence-corrected chi connectivity index (χ3v) is 2.06. The van der Waals surface area contributed by atoms with Gasteiger partial charge in [-0.3, -0.25) is 0 Å². The van der Waals surface area contributed by atoms with E-state index in [4.69, 9.17) is 10.5 Å². The van der Waals surface area contributed by atoms with E-state index in [2.05, 4.69) is 4.74 Å². The molecule has 0 aromatic carbocycles. The third kappa shape index (κ3) is 2.86. The summed E-state index contributed by atoms with van der Waals surface area (Å²) < 4.78 is 10.0. The molecule has 1 unspecified atom stereocenters. The van der Waals surface area contributed by atoms with Crippen LogP contribution in [0.2, 0.25) is 0 Å². The molecule has 1 saturated heterocycles. The molecule has 1 aliphatic heterocycles. The molecular weight excluding hydrogens is 172 g/mol. The van der Waals surface area contributed by atoms with Gasteiger partial charge in [0.2, 0.25) is 0 Å². The average molecular weight is 188 g/mol. The first-order valence-corrected chi connectivity index (χ1v) is 4.42. The lowest BCUT2D eigenvalue weighted by Crippen LogP contribution is -2.46. The summed E-state index contributed by atoms with van der Waals surface area (Å²) in [5.41, 5.74) is 5.40. The van der Waals surface area contributed by atoms with Gasteiger partial charge >= 0.3 is 6.09 Å². The van der Waals surface area contributed by atoms with Crippen LogP contribution in [0.4, 0.5) is 4.79 Å². The van der Waals surface area contributed by atoms with Crippen LogP contribution < -0.4 is 5.73 Å². The zero-order valence-corrected chi connectivity index (χ0v) is 7.86. The molecule has 0 saturated carbocycles. The Labute approximate surface area is 77.8 Å². The molecule has 2 N–H and O–H groups in total. The molecular formula is C8H16N2O3. The van der Waals surface area contributed by atoms with Crippen molar-refractivity contribution in [2.75, 3.05) is 33.4 Å². The van der Waals surface area contributed by atoms with E-state index in [1.54, 1.807) is 4.90 Å². The van der Waals surface area contributed by atoms with Gasteiger partial charge in [-0.2, -0.15) is 0 Å². The van der Waals surface area contributed by atoms with Gasteiger partial charge in [0, 0.05) is 6.54 Å². The van der Waals surface area contributed by atoms with Crippen molar-refractivity contribution < 1.29 is 14.3 Å². The molecule has 5 heteroatoms. The zero-order chi connectivity index (χ0) is 9.68. The van der Waals surface area contributed by atoms with Crippen LogP contribution in [-0.4, -0.2) is 50.4 Å². The molecule has 1 heterocycles. The standard InChI is InChI=1S/C8H16N2O3/c1-12-8(11)10-4-5-13-7(6-10)2-3-9/h7H,2-6,9H2,1H3. The Morgan fingerprint density at radius 2 is 2.54 bits per heavy atom. The van der Waals surface area contributed by atoms with Crippen molar-refractivity contribution in [3.63, 3.8) is 0 Å². The second kappa shape index (κ2) is 5.04. The topological polar surface area (TPSA) is 64.8 Å². The summed E-state index contributed by atoms with van der Waals surface area (Å²) in [4.78, 5) is 12.8. The molecule has 0 bridgehead atoms. The summed E-state index contributed by atoms with van der Waals surface area (Å²) in [6.07, 6.45) is 0.566. The number of methoxy groups -OCH3 is 1. The lowest BCUT2D eigenvalue weighted by atomic mass is 10.2. The Kier molecular flexibility index (Phi) is 3.98. The van der Waals surface area contributed by atoms with E-state index in [-0.39, 0.29) is 12.2 Å². The number of carbonyl (C=O) groups excluding carboxylic acids is 1. The minimum Gasteiger partial charge on any atom is -0.453 e. The molecule has 0 aromatic heterocycles. The number of morpholine rings is 1. The van der Waals surface area contributed by atoms with E-state index in [0.29, 0.717) is 26.2 Å². The Morgan fingerprint density at radius 1 is 1.77 bits per heavy atom. The minimum atomic E-state index is -0.287. The summed E-state index contributed by atoms with van der Waals surface area (Å²) in [7, 11) is 1.38. The van der Waals surface area contributed by atoms with Gasteiger partial charge in [-0.15, -0.1) is 0 Å². The predicted octanol–water partition coefficient (Wildman–Crippen LogP) is -0.198. The molecule has 0 spiro atoms. The number of carbonyl (C=O) groups is 1. The molecule has 1 rings (SSSR count). The predicted molar refractivity (Wildman–Crippen MR) is 47.4 cm³/mol. The highest BCUT2D eigenvalue weighted by molar-refractivity contribution is 5.67. The number of rotatable bonds is 2. The Morgan fingerprint density at radius 3 is 3.15 bits per heavy atom. The highest BCUT2D eigenvalue weighted by atomic mass is 16.5. The Hall–Kier alpha value is -0.810. The fraction of sp³-hybridized carbons (Fsp3) is 0.875. The van der Waals surface area contributed by atoms with Gasteiger partial charge in [0.25, 0.3) is 0 Å². The maximum atomic E-state index is 11.1. The van der Waals surface area contributed by atoms with Crippen LogP contribution in [0.15, 0.2) is 0 Å². The summed E-state index contributed by atoms with van der Waals surface area (Å²) in [5.74, 6) is 0. The van der Waals surface area contributed by atoms with Crippen LogP contribution in [0.3, 0.4) is 0 Å². The van der Waals surface area contributed by atoms with Gasteiger partial charge in [-0.25, -0.2) is 4.79 Å². The molecule has 1 amide bonds. The fourth-order valence-electron chi connectivity index (χ4n) is 1.37. The van der Waals surface area contributed by atoms with Gasteiger partial charge in [-0.05, 0) is 13.0 Å². The number of nitrogens with two attached hydrogens (primary N) is 1. The maximum Gasteiger partial charge on any atom is 0.409 e. The van der Waals surface area contributed by atoms with E-state index in [1.165, 1.54) is 7.11 Å². The van der Waals surface area contributed by atoms with Gasteiger partial charge in [0.15, 0.2) is 0 Å². The van der Waals surface area contributed by atoms with Crippen molar-refractivity contribution >= 4 is 6.09 Å². The van der Waals surface area contributed by atoms with Crippen LogP contribution >= 0.6 is 0 Å². The highest BCUT2D eigenvalue weighted by Gasteiger charge is 2.23. The van der Waals surface area contributed by atoms with E-state index >= 15 is 0 Å². The first kappa shape index (κ1) is 10.3. The Bertz CT molecular complexity index is 173. The van der Waals surface area contributed by atoms with Crippen LogP contribution in [0.5, 0.6) is 0 Å². The molecule has 1 atom stereocenters. The first-order chi connectivity index (χ1) is 6.27. The lowest BCUT2D eigenvalue weighted by molar-refractivity contribution is -0.0265. The van der Waals surface area contributed by atoms with E-state index in [9.17, 15) is 4.79 Å². The van der Waals surface area contributed by atoms with Crippen LogP contribution in [0.25, 0.3) is 0 Å². The van der Waals surface area contributed by atoms with Crippen molar-refractivity contribution in [3.05, 3.63) is 0 Å². The van der Waals surface area contributed by atoms with E-state index < -0.39 is 0 Å². The number of amides is 1. The molecule has 1 fully saturated rings. The molecule has 76 valence electrons. The molecule has 0 aliphatic carbocycles. The second-order valence-electron chi connectivity index (χ2n) is 2.99. The third-order valence-electron chi connectivity index (χ3n) is 2.06. The summed E-state index contributed by atoms with van der Waals surface area (Å²) in [5, 5.41) is 0. The summed E-state index contributed by atoms with van der Waals surface area (Å²) in [6.45, 7) is 2.34. The van der Waals surface area contributed by atoms with Gasteiger partial charge in [-0.1, -0.05) is 0 Å². The largest absolute Gasteiger partial charge is 0.453 e. The fourth-order valence-corrected chi connectivity index (χ4v) is 1.37. The number of nitrogens with zero attached hydrogens (tertiary/aromatic N) is 1. The summed E-state index contributed by atoms with van der Waals surface area (Å²) >= 11 is 0. The van der Waals surface area contributed by atoms with Crippen molar-refractivity contribution in [2.45, 2.75) is 12.5 Å². The van der Waals surface area contributed by atoms with Gasteiger partial charge in [0.1, 0.15) is 0 Å². The van der Waals surface area contributed by atoms with Crippen LogP contribution in [-0.2, 0) is 9.47 Å². The first-order valence-electron chi connectivity index (χ1n) is 4.42. The molecule has 0 aromatic rings. The van der Waals surface area contributed by atoms with Crippen molar-refractivity contribution in [3.8, 4) is 0 Å². The summed E-state index contributed by atoms with van der Waals surface area (Å²) in [6, 6.07) is 0. The number of hydrogen-bond donors (Lipinski definition) is 1. The molecule has 0 radical (unpaired) electrons. The number of ether oxygens (including phenoxy) is 2. The number of hydrogen-bond acceptors (Lipinski definition) is 4. The van der Waals surface area contributed by atoms with Crippen molar-refractivity contribution in [2.24, 2.45) is 5.73 Å². The van der Waals surface area contributed by atoms with Gasteiger partial charge < -0.3 is 20.1 Å². The van der Waals surface area contributed by atoms with Gasteiger partial charge in [0.05, 0.1) is 26.4 Å². The van der Waals surface area contributed by atoms with E-state index in [0.717, 1.165) is 6.42 Å². The maximum absolute atomic E-state index is 11.1. The second-order valence-corrected chi connectivity index (χ2v) is 2.99. The van der Waals surface area contributed by atoms with Crippen LogP contribution in [0, 0.1) is 0 Å². The monoisotopic (exact) mass is 188 g/mol. The highest BCUT2D eigenvalue weighted by Crippen LogP contribution is 2.08. The molecule has 1 aliphatic rings. The van der Waals surface area contributed by atoms with E-state index in [1.807, 2.05) is 0 Å². The normalized spacial score (nSPS) is 22.9. The van der Waals surface area contributed by atoms with Crippen molar-refractivity contribution in [1.82, 2.24) is 4.90 Å². The SMILES string of the molecule is COC(=O)N1CCOC(CCN)C1. The zero-order valence-electron chi connectivity index (χ0n) is 7.86. The quantitative estimate of drug-likeness (QED) is 0.652. The van der Waals surface area contributed by atoms with Crippen molar-refractivity contribution in [1.29, 1.82) is 0 Å². The molecule has 5 nitrogen and oxygen atoms in total. The Balaban J connectivity index is 2.37. The molecule has 13 heavy (non-hydrogen) atoms. The average Bonchev–Trinajstić information content (AvgIpc) is 2.18. The smallest absolute Gasteiger partial charge is 0.409 e. The van der Waals surface area contributed by atoms with Crippen LogP contribution in [0.1, 0.15) is 6.42 Å². The lowest BCUT2D eigenvalue weighted by Gasteiger charge is -2.31. The minimum absolute atomic E-state index is 0.0675.